The Morgan fingerprint density at radius 2 is 1.92 bits per heavy atom. The van der Waals surface area contributed by atoms with Gasteiger partial charge in [0.15, 0.2) is 0 Å². The highest BCUT2D eigenvalue weighted by Gasteiger charge is 2.69. The van der Waals surface area contributed by atoms with Crippen molar-refractivity contribution in [3.63, 3.8) is 0 Å². The zero-order valence-corrected chi connectivity index (χ0v) is 7.93. The van der Waals surface area contributed by atoms with Gasteiger partial charge in [-0.15, -0.1) is 11.6 Å². The molecule has 0 aromatic rings. The van der Waals surface area contributed by atoms with Crippen LogP contribution < -0.4 is 0 Å². The average Bonchev–Trinajstić information content (AvgIpc) is 2.74. The molecule has 68 valence electrons. The maximum absolute atomic E-state index is 11.3. The van der Waals surface area contributed by atoms with Crippen molar-refractivity contribution in [2.45, 2.75) is 30.6 Å². The molecule has 0 radical (unpaired) electrons. The number of methoxy groups -OCH3 is 1. The molecule has 2 saturated carbocycles. The Balaban J connectivity index is 2.10. The molecule has 0 unspecified atom stereocenters. The number of hydrogen-bond donors (Lipinski definition) is 0. The van der Waals surface area contributed by atoms with Crippen LogP contribution in [0, 0.1) is 11.8 Å². The van der Waals surface area contributed by atoms with E-state index in [1.807, 2.05) is 0 Å². The van der Waals surface area contributed by atoms with Gasteiger partial charge < -0.3 is 4.74 Å². The third-order valence-corrected chi connectivity index (χ3v) is 3.95. The summed E-state index contributed by atoms with van der Waals surface area (Å²) in [5, 5.41) is 0. The van der Waals surface area contributed by atoms with Gasteiger partial charge in [0.25, 0.3) is 0 Å². The van der Waals surface area contributed by atoms with Gasteiger partial charge in [0.1, 0.15) is 4.87 Å². The molecule has 0 bridgehead atoms. The Labute approximate surface area is 77.2 Å². The molecular formula is C9H13ClO2. The monoisotopic (exact) mass is 188 g/mol. The van der Waals surface area contributed by atoms with Crippen molar-refractivity contribution < 1.29 is 9.53 Å². The highest BCUT2D eigenvalue weighted by molar-refractivity contribution is 6.37. The summed E-state index contributed by atoms with van der Waals surface area (Å²) < 4.78 is 4.70. The fourth-order valence-electron chi connectivity index (χ4n) is 2.51. The van der Waals surface area contributed by atoms with Gasteiger partial charge in [0.05, 0.1) is 7.11 Å². The lowest BCUT2D eigenvalue weighted by atomic mass is 10.0. The quantitative estimate of drug-likeness (QED) is 0.465. The van der Waals surface area contributed by atoms with E-state index in [0.29, 0.717) is 11.8 Å². The smallest absolute Gasteiger partial charge is 0.327 e. The van der Waals surface area contributed by atoms with Crippen LogP contribution in [0.2, 0.25) is 0 Å². The van der Waals surface area contributed by atoms with Crippen LogP contribution in [0.4, 0.5) is 0 Å². The first-order chi connectivity index (χ1) is 5.71. The molecule has 0 aliphatic heterocycles. The van der Waals surface area contributed by atoms with Gasteiger partial charge in [-0.3, -0.25) is 4.79 Å². The van der Waals surface area contributed by atoms with E-state index in [0.717, 1.165) is 12.8 Å². The molecular weight excluding hydrogens is 176 g/mol. The van der Waals surface area contributed by atoms with Gasteiger partial charge in [-0.25, -0.2) is 0 Å². The number of carbonyl (C=O) groups excluding carboxylic acids is 1. The van der Waals surface area contributed by atoms with E-state index in [9.17, 15) is 4.79 Å². The Morgan fingerprint density at radius 3 is 2.33 bits per heavy atom. The molecule has 0 aromatic carbocycles. The van der Waals surface area contributed by atoms with Crippen LogP contribution in [-0.2, 0) is 9.53 Å². The summed E-state index contributed by atoms with van der Waals surface area (Å²) in [6.07, 6.45) is 4.63. The highest BCUT2D eigenvalue weighted by atomic mass is 35.5. The second kappa shape index (κ2) is 2.63. The largest absolute Gasteiger partial charge is 0.468 e. The minimum absolute atomic E-state index is 0.221. The van der Waals surface area contributed by atoms with Crippen molar-refractivity contribution >= 4 is 17.6 Å². The molecule has 0 saturated heterocycles. The normalized spacial score (nSPS) is 44.8. The van der Waals surface area contributed by atoms with E-state index in [2.05, 4.69) is 0 Å². The Kier molecular flexibility index (Phi) is 1.83. The van der Waals surface area contributed by atoms with Crippen LogP contribution >= 0.6 is 11.6 Å². The van der Waals surface area contributed by atoms with Gasteiger partial charge in [-0.05, 0) is 24.7 Å². The molecule has 2 fully saturated rings. The molecule has 0 heterocycles. The maximum atomic E-state index is 11.3. The number of halogens is 1. The van der Waals surface area contributed by atoms with Gasteiger partial charge >= 0.3 is 5.97 Å². The molecule has 2 atom stereocenters. The topological polar surface area (TPSA) is 26.3 Å². The summed E-state index contributed by atoms with van der Waals surface area (Å²) in [7, 11) is 1.41. The molecule has 0 N–H and O–H groups in total. The zero-order valence-electron chi connectivity index (χ0n) is 7.18. The summed E-state index contributed by atoms with van der Waals surface area (Å²) in [4.78, 5) is 10.7. The van der Waals surface area contributed by atoms with Crippen molar-refractivity contribution in [1.29, 1.82) is 0 Å². The number of esters is 1. The van der Waals surface area contributed by atoms with Gasteiger partial charge in [-0.1, -0.05) is 12.8 Å². The van der Waals surface area contributed by atoms with E-state index >= 15 is 0 Å². The number of ether oxygens (including phenoxy) is 1. The molecule has 0 aromatic heterocycles. The maximum Gasteiger partial charge on any atom is 0.327 e. The van der Waals surface area contributed by atoms with Crippen molar-refractivity contribution in [3.8, 4) is 0 Å². The number of hydrogen-bond acceptors (Lipinski definition) is 2. The van der Waals surface area contributed by atoms with Crippen molar-refractivity contribution in [2.24, 2.45) is 11.8 Å². The van der Waals surface area contributed by atoms with Crippen LogP contribution in [0.5, 0.6) is 0 Å². The fourth-order valence-corrected chi connectivity index (χ4v) is 3.05. The summed E-state index contributed by atoms with van der Waals surface area (Å²) in [6.45, 7) is 0. The highest BCUT2D eigenvalue weighted by Crippen LogP contribution is 2.63. The minimum Gasteiger partial charge on any atom is -0.468 e. The first-order valence-electron chi connectivity index (χ1n) is 4.48. The van der Waals surface area contributed by atoms with Crippen LogP contribution in [0.25, 0.3) is 0 Å². The molecule has 2 rings (SSSR count). The lowest BCUT2D eigenvalue weighted by Gasteiger charge is -2.04. The molecule has 2 aliphatic rings. The third-order valence-electron chi connectivity index (χ3n) is 3.23. The lowest BCUT2D eigenvalue weighted by Crippen LogP contribution is -2.21. The van der Waals surface area contributed by atoms with Gasteiger partial charge in [0.2, 0.25) is 0 Å². The Bertz CT molecular complexity index is 203. The van der Waals surface area contributed by atoms with E-state index < -0.39 is 4.87 Å². The molecule has 12 heavy (non-hydrogen) atoms. The first-order valence-corrected chi connectivity index (χ1v) is 4.86. The van der Waals surface area contributed by atoms with Gasteiger partial charge in [-0.2, -0.15) is 0 Å². The predicted molar refractivity (Wildman–Crippen MR) is 46.0 cm³/mol. The second-order valence-electron chi connectivity index (χ2n) is 3.76. The van der Waals surface area contributed by atoms with E-state index in [1.165, 1.54) is 20.0 Å². The summed E-state index contributed by atoms with van der Waals surface area (Å²) in [5.41, 5.74) is 0. The standard InChI is InChI=1S/C9H13ClO2/c1-12-8(11)9(10)6-4-2-3-5-7(6)9/h6-7H,2-5H2,1H3/t6-,7-/m0/s1. The lowest BCUT2D eigenvalue weighted by molar-refractivity contribution is -0.141. The SMILES string of the molecule is COC(=O)C1(Cl)[C@H]2CCCC[C@@H]21. The van der Waals surface area contributed by atoms with Crippen LogP contribution in [0.1, 0.15) is 25.7 Å². The summed E-state index contributed by atoms with van der Waals surface area (Å²) in [5.74, 6) is 0.585. The van der Waals surface area contributed by atoms with Crippen molar-refractivity contribution in [3.05, 3.63) is 0 Å². The summed E-state index contributed by atoms with van der Waals surface area (Å²) >= 11 is 6.19. The molecule has 0 amide bonds. The first kappa shape index (κ1) is 8.36. The number of alkyl halides is 1. The van der Waals surface area contributed by atoms with Crippen LogP contribution in [0.3, 0.4) is 0 Å². The Hall–Kier alpha value is -0.240. The number of carbonyl (C=O) groups is 1. The average molecular weight is 189 g/mol. The number of rotatable bonds is 1. The minimum atomic E-state index is -0.634. The van der Waals surface area contributed by atoms with Crippen LogP contribution in [-0.4, -0.2) is 18.0 Å². The van der Waals surface area contributed by atoms with Crippen molar-refractivity contribution in [1.82, 2.24) is 0 Å². The van der Waals surface area contributed by atoms with Gasteiger partial charge in [0, 0.05) is 0 Å². The van der Waals surface area contributed by atoms with E-state index in [4.69, 9.17) is 16.3 Å². The second-order valence-corrected chi connectivity index (χ2v) is 4.38. The third kappa shape index (κ3) is 0.905. The molecule has 3 heteroatoms. The molecule has 2 nitrogen and oxygen atoms in total. The van der Waals surface area contributed by atoms with E-state index in [1.54, 1.807) is 0 Å². The zero-order chi connectivity index (χ0) is 8.77. The Morgan fingerprint density at radius 1 is 1.42 bits per heavy atom. The fraction of sp³-hybridized carbons (Fsp3) is 0.889. The summed E-state index contributed by atoms with van der Waals surface area (Å²) in [6, 6.07) is 0. The predicted octanol–water partition coefficient (Wildman–Crippen LogP) is 1.96. The molecule has 0 spiro atoms. The molecule has 2 aliphatic carbocycles. The van der Waals surface area contributed by atoms with E-state index in [-0.39, 0.29) is 5.97 Å². The van der Waals surface area contributed by atoms with Crippen LogP contribution in [0.15, 0.2) is 0 Å². The van der Waals surface area contributed by atoms with Crippen molar-refractivity contribution in [2.75, 3.05) is 7.11 Å². The number of fused-ring (bicyclic) bond motifs is 1.